The Morgan fingerprint density at radius 3 is 2.65 bits per heavy atom. The molecule has 2 atom stereocenters. The summed E-state index contributed by atoms with van der Waals surface area (Å²) in [6.45, 7) is 7.83. The Labute approximate surface area is 121 Å². The van der Waals surface area contributed by atoms with Crippen molar-refractivity contribution in [1.29, 1.82) is 0 Å². The molecule has 1 heterocycles. The van der Waals surface area contributed by atoms with Crippen LogP contribution in [0, 0.1) is 17.8 Å². The molecule has 1 aliphatic rings. The predicted molar refractivity (Wildman–Crippen MR) is 78.0 cm³/mol. The zero-order valence-electron chi connectivity index (χ0n) is 12.9. The van der Waals surface area contributed by atoms with E-state index in [1.54, 1.807) is 0 Å². The summed E-state index contributed by atoms with van der Waals surface area (Å²) in [4.78, 5) is 25.9. The number of nitrogens with one attached hydrogen (secondary N) is 1. The summed E-state index contributed by atoms with van der Waals surface area (Å²) >= 11 is 0. The molecule has 0 aromatic rings. The van der Waals surface area contributed by atoms with E-state index in [2.05, 4.69) is 5.32 Å². The number of likely N-dealkylation sites (tertiary alicyclic amines) is 1. The van der Waals surface area contributed by atoms with Crippen molar-refractivity contribution in [3.8, 4) is 0 Å². The van der Waals surface area contributed by atoms with Gasteiger partial charge in [-0.3, -0.25) is 9.59 Å². The van der Waals surface area contributed by atoms with Gasteiger partial charge in [-0.1, -0.05) is 20.8 Å². The largest absolute Gasteiger partial charge is 0.396 e. The fourth-order valence-corrected chi connectivity index (χ4v) is 2.50. The molecule has 2 N–H and O–H groups in total. The van der Waals surface area contributed by atoms with Crippen LogP contribution in [-0.2, 0) is 9.59 Å². The number of nitrogens with zero attached hydrogens (tertiary/aromatic N) is 1. The van der Waals surface area contributed by atoms with Crippen molar-refractivity contribution >= 4 is 11.8 Å². The number of carbonyl (C=O) groups excluding carboxylic acids is 2. The molecule has 116 valence electrons. The van der Waals surface area contributed by atoms with Crippen LogP contribution in [0.5, 0.6) is 0 Å². The van der Waals surface area contributed by atoms with E-state index in [0.717, 1.165) is 19.4 Å². The smallest absolute Gasteiger partial charge is 0.225 e. The average Bonchev–Trinajstić information content (AvgIpc) is 2.44. The maximum atomic E-state index is 12.1. The van der Waals surface area contributed by atoms with Crippen molar-refractivity contribution in [1.82, 2.24) is 10.2 Å². The second kappa shape index (κ2) is 8.25. The number of rotatable bonds is 6. The summed E-state index contributed by atoms with van der Waals surface area (Å²) in [5.74, 6) is 0.349. The predicted octanol–water partition coefficient (Wildman–Crippen LogP) is 1.02. The molecule has 0 radical (unpaired) electrons. The molecule has 5 heteroatoms. The zero-order chi connectivity index (χ0) is 15.1. The van der Waals surface area contributed by atoms with Crippen LogP contribution in [0.4, 0.5) is 0 Å². The number of aliphatic hydroxyl groups excluding tert-OH is 1. The van der Waals surface area contributed by atoms with Crippen molar-refractivity contribution in [3.05, 3.63) is 0 Å². The summed E-state index contributed by atoms with van der Waals surface area (Å²) in [7, 11) is 0. The molecular weight excluding hydrogens is 256 g/mol. The number of hydrogen-bond donors (Lipinski definition) is 2. The maximum Gasteiger partial charge on any atom is 0.225 e. The van der Waals surface area contributed by atoms with Gasteiger partial charge in [0.15, 0.2) is 0 Å². The van der Waals surface area contributed by atoms with E-state index < -0.39 is 0 Å². The monoisotopic (exact) mass is 284 g/mol. The van der Waals surface area contributed by atoms with Gasteiger partial charge in [0.2, 0.25) is 11.8 Å². The molecule has 0 bridgehead atoms. The number of aliphatic hydroxyl groups is 1. The van der Waals surface area contributed by atoms with E-state index in [4.69, 9.17) is 5.11 Å². The Bertz CT molecular complexity index is 331. The molecule has 2 amide bonds. The Morgan fingerprint density at radius 1 is 1.35 bits per heavy atom. The van der Waals surface area contributed by atoms with Gasteiger partial charge < -0.3 is 15.3 Å². The number of piperidine rings is 1. The summed E-state index contributed by atoms with van der Waals surface area (Å²) < 4.78 is 0. The molecule has 0 aliphatic carbocycles. The SMILES string of the molecule is CC(CCO)CNC(=O)C1CCCN(C(=O)C(C)C)C1. The second-order valence-electron chi connectivity index (χ2n) is 6.14. The van der Waals surface area contributed by atoms with E-state index in [1.807, 2.05) is 25.7 Å². The minimum atomic E-state index is -0.0900. The lowest BCUT2D eigenvalue weighted by molar-refractivity contribution is -0.138. The highest BCUT2D eigenvalue weighted by Gasteiger charge is 2.29. The topological polar surface area (TPSA) is 69.6 Å². The lowest BCUT2D eigenvalue weighted by atomic mass is 9.96. The third-order valence-electron chi connectivity index (χ3n) is 3.84. The molecule has 0 aromatic heterocycles. The number of hydrogen-bond acceptors (Lipinski definition) is 3. The van der Waals surface area contributed by atoms with E-state index in [-0.39, 0.29) is 36.2 Å². The quantitative estimate of drug-likeness (QED) is 0.765. The minimum Gasteiger partial charge on any atom is -0.396 e. The van der Waals surface area contributed by atoms with Crippen LogP contribution >= 0.6 is 0 Å². The molecule has 0 saturated carbocycles. The van der Waals surface area contributed by atoms with Crippen LogP contribution in [-0.4, -0.2) is 48.1 Å². The van der Waals surface area contributed by atoms with Gasteiger partial charge in [0.25, 0.3) is 0 Å². The van der Waals surface area contributed by atoms with E-state index >= 15 is 0 Å². The zero-order valence-corrected chi connectivity index (χ0v) is 12.9. The first-order valence-corrected chi connectivity index (χ1v) is 7.63. The first-order chi connectivity index (χ1) is 9.45. The van der Waals surface area contributed by atoms with Crippen molar-refractivity contribution in [2.24, 2.45) is 17.8 Å². The van der Waals surface area contributed by atoms with E-state index in [9.17, 15) is 9.59 Å². The van der Waals surface area contributed by atoms with Gasteiger partial charge in [-0.2, -0.15) is 0 Å². The Kier molecular flexibility index (Phi) is 6.99. The summed E-state index contributed by atoms with van der Waals surface area (Å²) in [5, 5.41) is 11.8. The normalized spacial score (nSPS) is 20.9. The summed E-state index contributed by atoms with van der Waals surface area (Å²) in [6.07, 6.45) is 2.44. The highest BCUT2D eigenvalue weighted by atomic mass is 16.3. The van der Waals surface area contributed by atoms with Crippen molar-refractivity contribution in [3.63, 3.8) is 0 Å². The lowest BCUT2D eigenvalue weighted by Gasteiger charge is -2.33. The third kappa shape index (κ3) is 5.12. The van der Waals surface area contributed by atoms with E-state index in [1.165, 1.54) is 0 Å². The molecular formula is C15H28N2O3. The van der Waals surface area contributed by atoms with Crippen LogP contribution in [0.15, 0.2) is 0 Å². The molecule has 1 aliphatic heterocycles. The van der Waals surface area contributed by atoms with Gasteiger partial charge in [-0.25, -0.2) is 0 Å². The van der Waals surface area contributed by atoms with Crippen molar-refractivity contribution in [2.75, 3.05) is 26.2 Å². The Hall–Kier alpha value is -1.10. The molecule has 1 fully saturated rings. The molecule has 0 aromatic carbocycles. The molecule has 1 saturated heterocycles. The first-order valence-electron chi connectivity index (χ1n) is 7.63. The summed E-state index contributed by atoms with van der Waals surface area (Å²) in [6, 6.07) is 0. The van der Waals surface area contributed by atoms with Crippen LogP contribution in [0.2, 0.25) is 0 Å². The van der Waals surface area contributed by atoms with Crippen LogP contribution in [0.3, 0.4) is 0 Å². The molecule has 5 nitrogen and oxygen atoms in total. The standard InChI is InChI=1S/C15H28N2O3/c1-11(2)15(20)17-7-4-5-13(10-17)14(19)16-9-12(3)6-8-18/h11-13,18H,4-10H2,1-3H3,(H,16,19). The molecule has 0 spiro atoms. The van der Waals surface area contributed by atoms with Crippen LogP contribution < -0.4 is 5.32 Å². The van der Waals surface area contributed by atoms with Gasteiger partial charge in [-0.05, 0) is 25.2 Å². The highest BCUT2D eigenvalue weighted by Crippen LogP contribution is 2.18. The lowest BCUT2D eigenvalue weighted by Crippen LogP contribution is -2.47. The van der Waals surface area contributed by atoms with Gasteiger partial charge >= 0.3 is 0 Å². The van der Waals surface area contributed by atoms with Crippen molar-refractivity contribution in [2.45, 2.75) is 40.0 Å². The number of carbonyl (C=O) groups is 2. The first kappa shape index (κ1) is 17.0. The fourth-order valence-electron chi connectivity index (χ4n) is 2.50. The number of amides is 2. The van der Waals surface area contributed by atoms with E-state index in [0.29, 0.717) is 19.5 Å². The average molecular weight is 284 g/mol. The van der Waals surface area contributed by atoms with Gasteiger partial charge in [-0.15, -0.1) is 0 Å². The summed E-state index contributed by atoms with van der Waals surface area (Å²) in [5.41, 5.74) is 0. The third-order valence-corrected chi connectivity index (χ3v) is 3.84. The molecule has 2 unspecified atom stereocenters. The maximum absolute atomic E-state index is 12.1. The van der Waals surface area contributed by atoms with Gasteiger partial charge in [0.1, 0.15) is 0 Å². The van der Waals surface area contributed by atoms with Crippen LogP contribution in [0.1, 0.15) is 40.0 Å². The second-order valence-corrected chi connectivity index (χ2v) is 6.14. The highest BCUT2D eigenvalue weighted by molar-refractivity contribution is 5.82. The Balaban J connectivity index is 2.42. The van der Waals surface area contributed by atoms with Gasteiger partial charge in [0.05, 0.1) is 5.92 Å². The minimum absolute atomic E-state index is 0.0126. The van der Waals surface area contributed by atoms with Gasteiger partial charge in [0, 0.05) is 32.2 Å². The fraction of sp³-hybridized carbons (Fsp3) is 0.867. The Morgan fingerprint density at radius 2 is 2.05 bits per heavy atom. The molecule has 1 rings (SSSR count). The van der Waals surface area contributed by atoms with Crippen LogP contribution in [0.25, 0.3) is 0 Å². The molecule has 20 heavy (non-hydrogen) atoms. The van der Waals surface area contributed by atoms with Crippen molar-refractivity contribution < 1.29 is 14.7 Å².